The van der Waals surface area contributed by atoms with Crippen molar-refractivity contribution in [1.29, 1.82) is 0 Å². The molecule has 23 heavy (non-hydrogen) atoms. The molecule has 4 heteroatoms. The largest absolute Gasteiger partial charge is 0.336 e. The van der Waals surface area contributed by atoms with E-state index >= 15 is 0 Å². The average molecular weight is 314 g/mol. The van der Waals surface area contributed by atoms with Crippen LogP contribution < -0.4 is 0 Å². The Morgan fingerprint density at radius 2 is 2.09 bits per heavy atom. The highest BCUT2D eigenvalue weighted by Crippen LogP contribution is 2.26. The first kappa shape index (κ1) is 16.0. The Kier molecular flexibility index (Phi) is 4.42. The summed E-state index contributed by atoms with van der Waals surface area (Å²) in [5, 5.41) is 0. The Labute approximate surface area is 138 Å². The van der Waals surface area contributed by atoms with Gasteiger partial charge in [-0.2, -0.15) is 0 Å². The van der Waals surface area contributed by atoms with Crippen molar-refractivity contribution in [2.45, 2.75) is 58.5 Å². The van der Waals surface area contributed by atoms with Gasteiger partial charge in [0.1, 0.15) is 6.04 Å². The highest BCUT2D eigenvalue weighted by atomic mass is 16.2. The van der Waals surface area contributed by atoms with Crippen molar-refractivity contribution >= 4 is 11.8 Å². The van der Waals surface area contributed by atoms with Gasteiger partial charge in [-0.3, -0.25) is 9.59 Å². The van der Waals surface area contributed by atoms with E-state index in [4.69, 9.17) is 0 Å². The van der Waals surface area contributed by atoms with E-state index < -0.39 is 0 Å². The highest BCUT2D eigenvalue weighted by Gasteiger charge is 2.41. The van der Waals surface area contributed by atoms with Crippen LogP contribution in [0.4, 0.5) is 0 Å². The molecule has 2 heterocycles. The zero-order chi connectivity index (χ0) is 16.6. The quantitative estimate of drug-likeness (QED) is 0.860. The van der Waals surface area contributed by atoms with Crippen LogP contribution >= 0.6 is 0 Å². The molecule has 0 spiro atoms. The summed E-state index contributed by atoms with van der Waals surface area (Å²) in [6.07, 6.45) is 3.32. The summed E-state index contributed by atoms with van der Waals surface area (Å²) in [5.41, 5.74) is 3.71. The molecule has 124 valence electrons. The average Bonchev–Trinajstić information content (AvgIpc) is 2.98. The van der Waals surface area contributed by atoms with Crippen LogP contribution in [-0.4, -0.2) is 46.8 Å². The second-order valence-corrected chi connectivity index (χ2v) is 6.98. The van der Waals surface area contributed by atoms with Crippen molar-refractivity contribution in [2.24, 2.45) is 0 Å². The van der Waals surface area contributed by atoms with E-state index in [1.54, 1.807) is 4.90 Å². The van der Waals surface area contributed by atoms with Gasteiger partial charge in [0.25, 0.3) is 0 Å². The number of aryl methyl sites for hydroxylation is 3. The standard InChI is InChI=1S/C19H26N2O2/c1-13-6-7-16(14(2)11-13)8-9-18(22)21-12-17-5-4-10-20(17)19(23)15(21)3/h6-7,11,15,17H,4-5,8-10,12H2,1-3H3/t15-,17+/m1/s1. The molecule has 2 aliphatic rings. The highest BCUT2D eigenvalue weighted by molar-refractivity contribution is 5.89. The number of carbonyl (C=O) groups excluding carboxylic acids is 2. The van der Waals surface area contributed by atoms with Crippen molar-refractivity contribution < 1.29 is 9.59 Å². The first-order chi connectivity index (χ1) is 11.0. The van der Waals surface area contributed by atoms with Gasteiger partial charge in [-0.1, -0.05) is 23.8 Å². The van der Waals surface area contributed by atoms with Crippen LogP contribution in [0.15, 0.2) is 18.2 Å². The second kappa shape index (κ2) is 6.34. The minimum atomic E-state index is -0.309. The third-order valence-corrected chi connectivity index (χ3v) is 5.32. The lowest BCUT2D eigenvalue weighted by Gasteiger charge is -2.41. The van der Waals surface area contributed by atoms with E-state index in [1.807, 2.05) is 11.8 Å². The van der Waals surface area contributed by atoms with Gasteiger partial charge >= 0.3 is 0 Å². The smallest absolute Gasteiger partial charge is 0.245 e. The predicted octanol–water partition coefficient (Wildman–Crippen LogP) is 2.46. The number of hydrogen-bond donors (Lipinski definition) is 0. The molecule has 2 fully saturated rings. The number of piperazine rings is 1. The Hall–Kier alpha value is -1.84. The van der Waals surface area contributed by atoms with Crippen molar-refractivity contribution in [2.75, 3.05) is 13.1 Å². The van der Waals surface area contributed by atoms with Crippen LogP contribution in [0.5, 0.6) is 0 Å². The van der Waals surface area contributed by atoms with Crippen LogP contribution in [-0.2, 0) is 16.0 Å². The molecular weight excluding hydrogens is 288 g/mol. The monoisotopic (exact) mass is 314 g/mol. The minimum absolute atomic E-state index is 0.109. The number of amides is 2. The van der Waals surface area contributed by atoms with Crippen LogP contribution in [0.2, 0.25) is 0 Å². The van der Waals surface area contributed by atoms with E-state index in [0.29, 0.717) is 13.0 Å². The van der Waals surface area contributed by atoms with Crippen molar-refractivity contribution in [3.05, 3.63) is 34.9 Å². The normalized spacial score (nSPS) is 24.0. The molecule has 0 N–H and O–H groups in total. The van der Waals surface area contributed by atoms with Gasteiger partial charge in [0.15, 0.2) is 0 Å². The molecule has 4 nitrogen and oxygen atoms in total. The van der Waals surface area contributed by atoms with Gasteiger partial charge in [-0.25, -0.2) is 0 Å². The van der Waals surface area contributed by atoms with E-state index in [1.165, 1.54) is 16.7 Å². The van der Waals surface area contributed by atoms with Gasteiger partial charge in [0, 0.05) is 25.6 Å². The number of fused-ring (bicyclic) bond motifs is 1. The molecule has 0 aromatic heterocycles. The molecule has 2 amide bonds. The Bertz CT molecular complexity index is 626. The topological polar surface area (TPSA) is 40.6 Å². The zero-order valence-electron chi connectivity index (χ0n) is 14.3. The van der Waals surface area contributed by atoms with Gasteiger partial charge in [-0.05, 0) is 51.2 Å². The molecule has 3 rings (SSSR count). The van der Waals surface area contributed by atoms with Crippen LogP contribution in [0.3, 0.4) is 0 Å². The van der Waals surface area contributed by atoms with Gasteiger partial charge in [-0.15, -0.1) is 0 Å². The molecule has 2 atom stereocenters. The summed E-state index contributed by atoms with van der Waals surface area (Å²) >= 11 is 0. The third-order valence-electron chi connectivity index (χ3n) is 5.32. The first-order valence-electron chi connectivity index (χ1n) is 8.63. The van der Waals surface area contributed by atoms with E-state index in [0.717, 1.165) is 25.8 Å². The van der Waals surface area contributed by atoms with Crippen LogP contribution in [0.25, 0.3) is 0 Å². The molecule has 1 aromatic rings. The van der Waals surface area contributed by atoms with Gasteiger partial charge in [0.2, 0.25) is 11.8 Å². The Balaban J connectivity index is 1.64. The van der Waals surface area contributed by atoms with E-state index in [-0.39, 0.29) is 23.9 Å². The Morgan fingerprint density at radius 1 is 1.30 bits per heavy atom. The number of hydrogen-bond acceptors (Lipinski definition) is 2. The number of carbonyl (C=O) groups is 2. The summed E-state index contributed by atoms with van der Waals surface area (Å²) in [6.45, 7) is 7.61. The maximum atomic E-state index is 12.6. The summed E-state index contributed by atoms with van der Waals surface area (Å²) in [7, 11) is 0. The van der Waals surface area contributed by atoms with Crippen molar-refractivity contribution in [3.8, 4) is 0 Å². The molecule has 0 bridgehead atoms. The molecule has 2 saturated heterocycles. The molecule has 0 saturated carbocycles. The third kappa shape index (κ3) is 3.12. The fourth-order valence-corrected chi connectivity index (χ4v) is 3.90. The fourth-order valence-electron chi connectivity index (χ4n) is 3.90. The lowest BCUT2D eigenvalue weighted by molar-refractivity contribution is -0.152. The van der Waals surface area contributed by atoms with Crippen molar-refractivity contribution in [3.63, 3.8) is 0 Å². The van der Waals surface area contributed by atoms with Crippen LogP contribution in [0, 0.1) is 13.8 Å². The fraction of sp³-hybridized carbons (Fsp3) is 0.579. The summed E-state index contributed by atoms with van der Waals surface area (Å²) in [6, 6.07) is 6.29. The summed E-state index contributed by atoms with van der Waals surface area (Å²) in [4.78, 5) is 28.8. The van der Waals surface area contributed by atoms with Gasteiger partial charge in [0.05, 0.1) is 0 Å². The lowest BCUT2D eigenvalue weighted by Crippen LogP contribution is -2.60. The second-order valence-electron chi connectivity index (χ2n) is 6.98. The molecule has 0 radical (unpaired) electrons. The molecule has 0 unspecified atom stereocenters. The maximum Gasteiger partial charge on any atom is 0.245 e. The molecule has 1 aromatic carbocycles. The maximum absolute atomic E-state index is 12.6. The number of benzene rings is 1. The molecule has 0 aliphatic carbocycles. The first-order valence-corrected chi connectivity index (χ1v) is 8.63. The van der Waals surface area contributed by atoms with Crippen molar-refractivity contribution in [1.82, 2.24) is 9.80 Å². The molecule has 2 aliphatic heterocycles. The SMILES string of the molecule is Cc1ccc(CCC(=O)N2C[C@@H]3CCCN3C(=O)[C@H]2C)c(C)c1. The number of rotatable bonds is 3. The summed E-state index contributed by atoms with van der Waals surface area (Å²) in [5.74, 6) is 0.232. The van der Waals surface area contributed by atoms with Gasteiger partial charge < -0.3 is 9.80 Å². The van der Waals surface area contributed by atoms with E-state index in [9.17, 15) is 9.59 Å². The zero-order valence-corrected chi connectivity index (χ0v) is 14.3. The summed E-state index contributed by atoms with van der Waals surface area (Å²) < 4.78 is 0. The number of nitrogens with zero attached hydrogens (tertiary/aromatic N) is 2. The minimum Gasteiger partial charge on any atom is -0.336 e. The Morgan fingerprint density at radius 3 is 2.83 bits per heavy atom. The molecular formula is C19H26N2O2. The lowest BCUT2D eigenvalue weighted by atomic mass is 10.0. The van der Waals surface area contributed by atoms with Crippen LogP contribution in [0.1, 0.15) is 42.9 Å². The van der Waals surface area contributed by atoms with E-state index in [2.05, 4.69) is 32.0 Å². The predicted molar refractivity (Wildman–Crippen MR) is 90.1 cm³/mol.